The highest BCUT2D eigenvalue weighted by Crippen LogP contribution is 2.20. The Balaban J connectivity index is 1.52. The molecule has 0 atom stereocenters. The molecule has 0 fully saturated rings. The minimum absolute atomic E-state index is 0.125. The molecule has 1 amide bonds. The van der Waals surface area contributed by atoms with Gasteiger partial charge in [-0.1, -0.05) is 12.1 Å². The summed E-state index contributed by atoms with van der Waals surface area (Å²) < 4.78 is 10.6. The molecule has 11 heteroatoms. The molecule has 0 aliphatic heterocycles. The van der Waals surface area contributed by atoms with Crippen LogP contribution in [0, 0.1) is 0 Å². The molecule has 0 bridgehead atoms. The number of carbonyl (C=O) groups is 1. The van der Waals surface area contributed by atoms with Crippen LogP contribution in [0.25, 0.3) is 0 Å². The minimum Gasteiger partial charge on any atom is -0.497 e. The van der Waals surface area contributed by atoms with Crippen molar-refractivity contribution in [1.29, 1.82) is 0 Å². The molecule has 0 aliphatic carbocycles. The summed E-state index contributed by atoms with van der Waals surface area (Å²) >= 11 is 0. The van der Waals surface area contributed by atoms with E-state index in [0.717, 1.165) is 22.8 Å². The van der Waals surface area contributed by atoms with Gasteiger partial charge in [-0.3, -0.25) is 4.79 Å². The van der Waals surface area contributed by atoms with Crippen LogP contribution in [-0.4, -0.2) is 33.7 Å². The first kappa shape index (κ1) is 24.2. The first-order valence-electron chi connectivity index (χ1n) is 11.1. The zero-order valence-corrected chi connectivity index (χ0v) is 20.1. The Morgan fingerprint density at radius 2 is 1.61 bits per heavy atom. The predicted molar refractivity (Wildman–Crippen MR) is 139 cm³/mol. The van der Waals surface area contributed by atoms with Crippen LogP contribution in [-0.2, 0) is 11.3 Å². The third kappa shape index (κ3) is 6.79. The van der Waals surface area contributed by atoms with Gasteiger partial charge in [-0.15, -0.1) is 0 Å². The fraction of sp³-hybridized carbons (Fsp3) is 0.160. The Kier molecular flexibility index (Phi) is 7.71. The van der Waals surface area contributed by atoms with E-state index in [2.05, 4.69) is 41.4 Å². The topological polar surface area (TPSA) is 139 Å². The van der Waals surface area contributed by atoms with Crippen molar-refractivity contribution >= 4 is 40.8 Å². The molecule has 0 aliphatic rings. The standard InChI is InChI=1S/C25H26N8O3/c1-16(18-6-8-19(9-7-18)27-17(2)34)32-33-25-30-23(26-15-22-5-4-14-36-22)29-24(31-25)28-20-10-12-21(35-3)13-11-20/h4-14H,15H2,1-3H3,(H,27,34)(H3,26,28,29,30,31,33)/b32-16+. The van der Waals surface area contributed by atoms with Crippen molar-refractivity contribution < 1.29 is 13.9 Å². The molecule has 0 saturated carbocycles. The van der Waals surface area contributed by atoms with Crippen LogP contribution in [0.15, 0.2) is 76.4 Å². The zero-order valence-electron chi connectivity index (χ0n) is 20.1. The van der Waals surface area contributed by atoms with Crippen molar-refractivity contribution in [3.8, 4) is 5.75 Å². The summed E-state index contributed by atoms with van der Waals surface area (Å²) in [5, 5.41) is 13.5. The van der Waals surface area contributed by atoms with E-state index in [9.17, 15) is 4.79 Å². The van der Waals surface area contributed by atoms with Crippen molar-refractivity contribution in [3.05, 3.63) is 78.3 Å². The lowest BCUT2D eigenvalue weighted by atomic mass is 10.1. The maximum absolute atomic E-state index is 11.2. The quantitative estimate of drug-likeness (QED) is 0.187. The van der Waals surface area contributed by atoms with Gasteiger partial charge in [-0.05, 0) is 61.0 Å². The normalized spacial score (nSPS) is 11.0. The largest absolute Gasteiger partial charge is 0.497 e. The highest BCUT2D eigenvalue weighted by molar-refractivity contribution is 5.99. The number of ether oxygens (including phenoxy) is 1. The monoisotopic (exact) mass is 486 g/mol. The summed E-state index contributed by atoms with van der Waals surface area (Å²) in [4.78, 5) is 24.5. The summed E-state index contributed by atoms with van der Waals surface area (Å²) in [5.41, 5.74) is 5.98. The van der Waals surface area contributed by atoms with Gasteiger partial charge in [0.15, 0.2) is 0 Å². The van der Waals surface area contributed by atoms with Crippen molar-refractivity contribution in [1.82, 2.24) is 15.0 Å². The molecule has 0 radical (unpaired) electrons. The number of nitrogens with zero attached hydrogens (tertiary/aromatic N) is 4. The number of hydrogen-bond donors (Lipinski definition) is 4. The Bertz CT molecular complexity index is 1320. The first-order valence-corrected chi connectivity index (χ1v) is 11.1. The summed E-state index contributed by atoms with van der Waals surface area (Å²) in [5.74, 6) is 2.28. The van der Waals surface area contributed by atoms with Crippen LogP contribution in [0.4, 0.5) is 29.2 Å². The second-order valence-electron chi connectivity index (χ2n) is 7.66. The van der Waals surface area contributed by atoms with Crippen LogP contribution in [0.2, 0.25) is 0 Å². The van der Waals surface area contributed by atoms with Gasteiger partial charge in [-0.25, -0.2) is 5.43 Å². The molecule has 2 aromatic heterocycles. The second-order valence-corrected chi connectivity index (χ2v) is 7.66. The molecule has 36 heavy (non-hydrogen) atoms. The molecular formula is C25H26N8O3. The highest BCUT2D eigenvalue weighted by Gasteiger charge is 2.09. The number of anilines is 5. The number of benzene rings is 2. The molecule has 4 rings (SSSR count). The molecular weight excluding hydrogens is 460 g/mol. The maximum Gasteiger partial charge on any atom is 0.250 e. The zero-order chi connectivity index (χ0) is 25.3. The van der Waals surface area contributed by atoms with Crippen LogP contribution in [0.3, 0.4) is 0 Å². The summed E-state index contributed by atoms with van der Waals surface area (Å²) in [6.45, 7) is 3.73. The van der Waals surface area contributed by atoms with Gasteiger partial charge in [0, 0.05) is 18.3 Å². The fourth-order valence-electron chi connectivity index (χ4n) is 3.14. The Morgan fingerprint density at radius 3 is 2.28 bits per heavy atom. The van der Waals surface area contributed by atoms with Crippen molar-refractivity contribution in [3.63, 3.8) is 0 Å². The number of rotatable bonds is 10. The molecule has 2 aromatic carbocycles. The third-order valence-electron chi connectivity index (χ3n) is 4.93. The lowest BCUT2D eigenvalue weighted by Crippen LogP contribution is -2.10. The predicted octanol–water partition coefficient (Wildman–Crippen LogP) is 4.62. The van der Waals surface area contributed by atoms with Gasteiger partial charge in [0.1, 0.15) is 11.5 Å². The number of furan rings is 1. The first-order chi connectivity index (χ1) is 17.5. The van der Waals surface area contributed by atoms with E-state index >= 15 is 0 Å². The number of methoxy groups -OCH3 is 1. The van der Waals surface area contributed by atoms with Gasteiger partial charge in [-0.2, -0.15) is 20.1 Å². The minimum atomic E-state index is -0.125. The van der Waals surface area contributed by atoms with E-state index in [0.29, 0.717) is 29.8 Å². The van der Waals surface area contributed by atoms with Gasteiger partial charge in [0.2, 0.25) is 23.8 Å². The van der Waals surface area contributed by atoms with E-state index in [4.69, 9.17) is 9.15 Å². The highest BCUT2D eigenvalue weighted by atomic mass is 16.5. The summed E-state index contributed by atoms with van der Waals surface area (Å²) in [6, 6.07) is 18.4. The number of amides is 1. The SMILES string of the molecule is COc1ccc(Nc2nc(NCc3ccco3)nc(N/N=C(\C)c3ccc(NC(C)=O)cc3)n2)cc1. The Labute approximate surface area is 208 Å². The third-order valence-corrected chi connectivity index (χ3v) is 4.93. The number of carbonyl (C=O) groups excluding carboxylic acids is 1. The smallest absolute Gasteiger partial charge is 0.250 e. The Morgan fingerprint density at radius 1 is 0.917 bits per heavy atom. The van der Waals surface area contributed by atoms with Gasteiger partial charge in [0.05, 0.1) is 25.6 Å². The molecule has 0 unspecified atom stereocenters. The average molecular weight is 487 g/mol. The number of hydrazone groups is 1. The van der Waals surface area contributed by atoms with Crippen LogP contribution in [0.1, 0.15) is 25.2 Å². The molecule has 4 N–H and O–H groups in total. The number of aromatic nitrogens is 3. The van der Waals surface area contributed by atoms with Gasteiger partial charge < -0.3 is 25.1 Å². The lowest BCUT2D eigenvalue weighted by molar-refractivity contribution is -0.114. The molecule has 2 heterocycles. The van der Waals surface area contributed by atoms with E-state index < -0.39 is 0 Å². The molecule has 4 aromatic rings. The summed E-state index contributed by atoms with van der Waals surface area (Å²) in [6.07, 6.45) is 1.61. The van der Waals surface area contributed by atoms with Crippen molar-refractivity contribution in [2.45, 2.75) is 20.4 Å². The second kappa shape index (κ2) is 11.5. The summed E-state index contributed by atoms with van der Waals surface area (Å²) in [7, 11) is 1.61. The van der Waals surface area contributed by atoms with Crippen LogP contribution < -0.4 is 26.1 Å². The van der Waals surface area contributed by atoms with Crippen LogP contribution in [0.5, 0.6) is 5.75 Å². The molecule has 0 saturated heterocycles. The van der Waals surface area contributed by atoms with Gasteiger partial charge in [0.25, 0.3) is 0 Å². The average Bonchev–Trinajstić information content (AvgIpc) is 3.40. The van der Waals surface area contributed by atoms with E-state index in [-0.39, 0.29) is 11.9 Å². The number of nitrogens with one attached hydrogen (secondary N) is 4. The van der Waals surface area contributed by atoms with E-state index in [1.54, 1.807) is 13.4 Å². The molecule has 11 nitrogen and oxygen atoms in total. The molecule has 0 spiro atoms. The lowest BCUT2D eigenvalue weighted by Gasteiger charge is -2.10. The van der Waals surface area contributed by atoms with E-state index in [1.807, 2.05) is 67.6 Å². The van der Waals surface area contributed by atoms with E-state index in [1.165, 1.54) is 6.92 Å². The maximum atomic E-state index is 11.2. The fourth-order valence-corrected chi connectivity index (χ4v) is 3.14. The van der Waals surface area contributed by atoms with Crippen molar-refractivity contribution in [2.24, 2.45) is 5.10 Å². The van der Waals surface area contributed by atoms with Crippen molar-refractivity contribution in [2.75, 3.05) is 28.5 Å². The molecule has 184 valence electrons. The van der Waals surface area contributed by atoms with Crippen LogP contribution >= 0.6 is 0 Å². The Hall–Kier alpha value is -4.93. The number of hydrogen-bond acceptors (Lipinski definition) is 10. The van der Waals surface area contributed by atoms with Gasteiger partial charge >= 0.3 is 0 Å².